The molecule has 27 heavy (non-hydrogen) atoms. The summed E-state index contributed by atoms with van der Waals surface area (Å²) in [6, 6.07) is 16.1. The van der Waals surface area contributed by atoms with E-state index in [9.17, 15) is 0 Å². The second-order valence-electron chi connectivity index (χ2n) is 6.69. The summed E-state index contributed by atoms with van der Waals surface area (Å²) >= 11 is 0. The molecule has 3 heterocycles. The van der Waals surface area contributed by atoms with E-state index in [1.165, 1.54) is 0 Å². The van der Waals surface area contributed by atoms with E-state index in [0.29, 0.717) is 0 Å². The van der Waals surface area contributed by atoms with Crippen LogP contribution in [-0.4, -0.2) is 54.1 Å². The van der Waals surface area contributed by atoms with E-state index in [2.05, 4.69) is 37.2 Å². The molecule has 2 aromatic heterocycles. The van der Waals surface area contributed by atoms with E-state index in [1.54, 1.807) is 12.4 Å². The predicted octanol–water partition coefficient (Wildman–Crippen LogP) is 2.65. The summed E-state index contributed by atoms with van der Waals surface area (Å²) in [5, 5.41) is 3.48. The molecule has 0 unspecified atom stereocenters. The summed E-state index contributed by atoms with van der Waals surface area (Å²) in [7, 11) is 0. The van der Waals surface area contributed by atoms with Gasteiger partial charge in [0.25, 0.3) is 0 Å². The molecule has 0 aliphatic carbocycles. The highest BCUT2D eigenvalue weighted by molar-refractivity contribution is 5.57. The Labute approximate surface area is 159 Å². The summed E-state index contributed by atoms with van der Waals surface area (Å²) in [4.78, 5) is 13.4. The van der Waals surface area contributed by atoms with Crippen molar-refractivity contribution in [3.05, 3.63) is 66.7 Å². The van der Waals surface area contributed by atoms with Crippen molar-refractivity contribution in [2.45, 2.75) is 6.54 Å². The van der Waals surface area contributed by atoms with Gasteiger partial charge in [-0.1, -0.05) is 30.3 Å². The maximum absolute atomic E-state index is 5.93. The SMILES string of the molecule is c1ccc(-c2ccc(CNCCN3CCN(c4ncccn4)CC3)o2)cc1. The summed E-state index contributed by atoms with van der Waals surface area (Å²) in [6.07, 6.45) is 3.60. The lowest BCUT2D eigenvalue weighted by molar-refractivity contribution is 0.255. The third kappa shape index (κ3) is 4.72. The fourth-order valence-corrected chi connectivity index (χ4v) is 3.31. The second-order valence-corrected chi connectivity index (χ2v) is 6.69. The zero-order valence-corrected chi connectivity index (χ0v) is 15.4. The highest BCUT2D eigenvalue weighted by Gasteiger charge is 2.18. The van der Waals surface area contributed by atoms with Gasteiger partial charge in [-0.25, -0.2) is 9.97 Å². The Kier molecular flexibility index (Phi) is 5.76. The van der Waals surface area contributed by atoms with Crippen molar-refractivity contribution in [2.24, 2.45) is 0 Å². The molecule has 0 radical (unpaired) electrons. The number of aromatic nitrogens is 2. The number of benzene rings is 1. The van der Waals surface area contributed by atoms with Crippen molar-refractivity contribution in [3.8, 4) is 11.3 Å². The van der Waals surface area contributed by atoms with Crippen LogP contribution in [0.4, 0.5) is 5.95 Å². The first-order valence-corrected chi connectivity index (χ1v) is 9.48. The molecular weight excluding hydrogens is 338 g/mol. The maximum atomic E-state index is 5.93. The Bertz CT molecular complexity index is 813. The molecule has 1 saturated heterocycles. The zero-order chi connectivity index (χ0) is 18.3. The van der Waals surface area contributed by atoms with E-state index in [1.807, 2.05) is 36.4 Å². The van der Waals surface area contributed by atoms with Crippen LogP contribution in [0.1, 0.15) is 5.76 Å². The van der Waals surface area contributed by atoms with Crippen molar-refractivity contribution in [2.75, 3.05) is 44.2 Å². The van der Waals surface area contributed by atoms with Crippen LogP contribution < -0.4 is 10.2 Å². The molecule has 1 aromatic carbocycles. The van der Waals surface area contributed by atoms with Gasteiger partial charge in [-0.05, 0) is 18.2 Å². The lowest BCUT2D eigenvalue weighted by atomic mass is 10.2. The Hall–Kier alpha value is -2.70. The molecule has 0 atom stereocenters. The number of nitrogens with zero attached hydrogens (tertiary/aromatic N) is 4. The van der Waals surface area contributed by atoms with Crippen LogP contribution in [-0.2, 0) is 6.54 Å². The predicted molar refractivity (Wildman–Crippen MR) is 107 cm³/mol. The Morgan fingerprint density at radius 1 is 0.889 bits per heavy atom. The van der Waals surface area contributed by atoms with Gasteiger partial charge >= 0.3 is 0 Å². The highest BCUT2D eigenvalue weighted by atomic mass is 16.3. The summed E-state index contributed by atoms with van der Waals surface area (Å²) < 4.78 is 5.93. The van der Waals surface area contributed by atoms with E-state index in [0.717, 1.165) is 68.8 Å². The normalized spacial score (nSPS) is 15.2. The number of anilines is 1. The van der Waals surface area contributed by atoms with Crippen molar-refractivity contribution >= 4 is 5.95 Å². The molecule has 6 nitrogen and oxygen atoms in total. The topological polar surface area (TPSA) is 57.4 Å². The molecule has 1 aliphatic heterocycles. The second kappa shape index (κ2) is 8.79. The van der Waals surface area contributed by atoms with Crippen molar-refractivity contribution < 1.29 is 4.42 Å². The first-order chi connectivity index (χ1) is 13.4. The molecule has 0 spiro atoms. The van der Waals surface area contributed by atoms with Crippen molar-refractivity contribution in [1.29, 1.82) is 0 Å². The van der Waals surface area contributed by atoms with Crippen LogP contribution in [0, 0.1) is 0 Å². The van der Waals surface area contributed by atoms with E-state index in [-0.39, 0.29) is 0 Å². The summed E-state index contributed by atoms with van der Waals surface area (Å²) in [6.45, 7) is 6.77. The van der Waals surface area contributed by atoms with Crippen molar-refractivity contribution in [3.63, 3.8) is 0 Å². The molecule has 6 heteroatoms. The molecule has 1 N–H and O–H groups in total. The minimum absolute atomic E-state index is 0.755. The Morgan fingerprint density at radius 2 is 1.67 bits per heavy atom. The third-order valence-corrected chi connectivity index (χ3v) is 4.83. The maximum Gasteiger partial charge on any atom is 0.225 e. The number of rotatable bonds is 7. The van der Waals surface area contributed by atoms with Crippen LogP contribution >= 0.6 is 0 Å². The van der Waals surface area contributed by atoms with Gasteiger partial charge in [0.1, 0.15) is 11.5 Å². The Balaban J connectivity index is 1.17. The van der Waals surface area contributed by atoms with Crippen LogP contribution in [0.5, 0.6) is 0 Å². The number of piperazine rings is 1. The number of furan rings is 1. The van der Waals surface area contributed by atoms with Gasteiger partial charge in [-0.15, -0.1) is 0 Å². The molecule has 140 valence electrons. The molecule has 4 rings (SSSR count). The fourth-order valence-electron chi connectivity index (χ4n) is 3.31. The number of hydrogen-bond donors (Lipinski definition) is 1. The molecular formula is C21H25N5O. The van der Waals surface area contributed by atoms with Crippen LogP contribution in [0.3, 0.4) is 0 Å². The molecule has 0 saturated carbocycles. The van der Waals surface area contributed by atoms with E-state index < -0.39 is 0 Å². The molecule has 3 aromatic rings. The van der Waals surface area contributed by atoms with Gasteiger partial charge in [0, 0.05) is 57.2 Å². The van der Waals surface area contributed by atoms with Gasteiger partial charge in [0.05, 0.1) is 6.54 Å². The molecule has 0 amide bonds. The van der Waals surface area contributed by atoms with Gasteiger partial charge in [-0.3, -0.25) is 4.90 Å². The third-order valence-electron chi connectivity index (χ3n) is 4.83. The molecule has 1 aliphatic rings. The number of nitrogens with one attached hydrogen (secondary N) is 1. The van der Waals surface area contributed by atoms with Gasteiger partial charge < -0.3 is 14.6 Å². The van der Waals surface area contributed by atoms with E-state index in [4.69, 9.17) is 4.42 Å². The van der Waals surface area contributed by atoms with Crippen LogP contribution in [0.15, 0.2) is 65.3 Å². The first kappa shape index (κ1) is 17.7. The smallest absolute Gasteiger partial charge is 0.225 e. The van der Waals surface area contributed by atoms with Gasteiger partial charge in [0.2, 0.25) is 5.95 Å². The van der Waals surface area contributed by atoms with Crippen molar-refractivity contribution in [1.82, 2.24) is 20.2 Å². The van der Waals surface area contributed by atoms with Crippen LogP contribution in [0.2, 0.25) is 0 Å². The fraction of sp³-hybridized carbons (Fsp3) is 0.333. The molecule has 0 bridgehead atoms. The lowest BCUT2D eigenvalue weighted by Gasteiger charge is -2.34. The molecule has 1 fully saturated rings. The monoisotopic (exact) mass is 363 g/mol. The standard InChI is InChI=1S/C21H25N5O/c1-2-5-18(6-3-1)20-8-7-19(27-20)17-22-11-12-25-13-15-26(16-14-25)21-23-9-4-10-24-21/h1-10,22H,11-17H2. The lowest BCUT2D eigenvalue weighted by Crippen LogP contribution is -2.48. The van der Waals surface area contributed by atoms with Gasteiger partial charge in [-0.2, -0.15) is 0 Å². The van der Waals surface area contributed by atoms with E-state index >= 15 is 0 Å². The van der Waals surface area contributed by atoms with Crippen LogP contribution in [0.25, 0.3) is 11.3 Å². The number of hydrogen-bond acceptors (Lipinski definition) is 6. The highest BCUT2D eigenvalue weighted by Crippen LogP contribution is 2.21. The summed E-state index contributed by atoms with van der Waals surface area (Å²) in [5.74, 6) is 2.73. The quantitative estimate of drug-likeness (QED) is 0.652. The average Bonchev–Trinajstić information content (AvgIpc) is 3.22. The minimum Gasteiger partial charge on any atom is -0.460 e. The Morgan fingerprint density at radius 3 is 2.44 bits per heavy atom. The minimum atomic E-state index is 0.755. The average molecular weight is 363 g/mol. The zero-order valence-electron chi connectivity index (χ0n) is 15.4. The first-order valence-electron chi connectivity index (χ1n) is 9.48. The van der Waals surface area contributed by atoms with Gasteiger partial charge in [0.15, 0.2) is 0 Å². The largest absolute Gasteiger partial charge is 0.460 e. The summed E-state index contributed by atoms with van der Waals surface area (Å²) in [5.41, 5.74) is 1.11.